The van der Waals surface area contributed by atoms with Crippen LogP contribution in [-0.2, 0) is 6.42 Å². The van der Waals surface area contributed by atoms with E-state index < -0.39 is 0 Å². The van der Waals surface area contributed by atoms with Crippen molar-refractivity contribution in [3.63, 3.8) is 0 Å². The second kappa shape index (κ2) is 10.5. The highest BCUT2D eigenvalue weighted by molar-refractivity contribution is 7.12. The molecular weight excluding hydrogens is 448 g/mol. The molecule has 8 nitrogen and oxygen atoms in total. The first-order chi connectivity index (χ1) is 16.6. The van der Waals surface area contributed by atoms with Crippen molar-refractivity contribution in [1.29, 1.82) is 5.26 Å². The van der Waals surface area contributed by atoms with Gasteiger partial charge in [-0.25, -0.2) is 4.68 Å². The Morgan fingerprint density at radius 3 is 2.47 bits per heavy atom. The molecule has 0 radical (unpaired) electrons. The lowest BCUT2D eigenvalue weighted by atomic mass is 10.1. The molecular formula is C25H22N6O2S. The molecule has 0 saturated heterocycles. The number of nitrogens with zero attached hydrogens (tertiary/aromatic N) is 3. The smallest absolute Gasteiger partial charge is 0.265 e. The van der Waals surface area contributed by atoms with E-state index in [4.69, 9.17) is 5.73 Å². The van der Waals surface area contributed by atoms with Crippen molar-refractivity contribution in [3.05, 3.63) is 93.8 Å². The number of aryl methyl sites for hydroxylation is 1. The van der Waals surface area contributed by atoms with Crippen LogP contribution in [0.1, 0.15) is 37.7 Å². The molecule has 2 amide bonds. The third-order valence-electron chi connectivity index (χ3n) is 5.13. The summed E-state index contributed by atoms with van der Waals surface area (Å²) >= 11 is 1.36. The number of hydrogen-bond donors (Lipinski definition) is 3. The SMILES string of the molecule is N#Cc1c(CCCNC(=O)c2ccc(NC(=O)c3cccs3)cc2)nn(-c2ccccc2)c1N. The number of amides is 2. The molecule has 0 aliphatic rings. The molecule has 9 heteroatoms. The summed E-state index contributed by atoms with van der Waals surface area (Å²) in [6, 6.07) is 21.8. The highest BCUT2D eigenvalue weighted by Gasteiger charge is 2.16. The molecule has 0 aliphatic carbocycles. The van der Waals surface area contributed by atoms with E-state index in [9.17, 15) is 14.9 Å². The Bertz CT molecular complexity index is 1320. The third kappa shape index (κ3) is 5.14. The molecule has 2 heterocycles. The largest absolute Gasteiger partial charge is 0.382 e. The fraction of sp³-hybridized carbons (Fsp3) is 0.120. The molecule has 0 fully saturated rings. The number of nitrogens with two attached hydrogens (primary N) is 1. The fourth-order valence-electron chi connectivity index (χ4n) is 3.41. The number of nitriles is 1. The van der Waals surface area contributed by atoms with Gasteiger partial charge in [-0.05, 0) is 60.7 Å². The molecule has 2 aromatic carbocycles. The first-order valence-corrected chi connectivity index (χ1v) is 11.5. The number of carbonyl (C=O) groups excluding carboxylic acids is 2. The zero-order valence-corrected chi connectivity index (χ0v) is 19.0. The number of nitrogens with one attached hydrogen (secondary N) is 2. The second-order valence-electron chi connectivity index (χ2n) is 7.43. The van der Waals surface area contributed by atoms with Crippen LogP contribution in [0.2, 0.25) is 0 Å². The average molecular weight is 471 g/mol. The Morgan fingerprint density at radius 1 is 1.03 bits per heavy atom. The van der Waals surface area contributed by atoms with Crippen LogP contribution in [0.4, 0.5) is 11.5 Å². The van der Waals surface area contributed by atoms with Crippen LogP contribution in [-0.4, -0.2) is 28.1 Å². The van der Waals surface area contributed by atoms with Gasteiger partial charge in [0.25, 0.3) is 11.8 Å². The van der Waals surface area contributed by atoms with E-state index in [1.807, 2.05) is 41.8 Å². The number of anilines is 2. The molecule has 2 aromatic heterocycles. The van der Waals surface area contributed by atoms with Gasteiger partial charge in [-0.1, -0.05) is 24.3 Å². The van der Waals surface area contributed by atoms with Crippen LogP contribution in [0.3, 0.4) is 0 Å². The van der Waals surface area contributed by atoms with Crippen molar-refractivity contribution in [2.24, 2.45) is 0 Å². The lowest BCUT2D eigenvalue weighted by Crippen LogP contribution is -2.24. The maximum atomic E-state index is 12.5. The van der Waals surface area contributed by atoms with Gasteiger partial charge in [0.1, 0.15) is 17.5 Å². The van der Waals surface area contributed by atoms with Crippen molar-refractivity contribution < 1.29 is 9.59 Å². The van der Waals surface area contributed by atoms with E-state index in [1.54, 1.807) is 35.0 Å². The number of thiophene rings is 1. The molecule has 0 unspecified atom stereocenters. The van der Waals surface area contributed by atoms with E-state index in [1.165, 1.54) is 11.3 Å². The minimum Gasteiger partial charge on any atom is -0.382 e. The number of benzene rings is 2. The van der Waals surface area contributed by atoms with E-state index >= 15 is 0 Å². The van der Waals surface area contributed by atoms with Crippen LogP contribution in [0.25, 0.3) is 5.69 Å². The summed E-state index contributed by atoms with van der Waals surface area (Å²) in [7, 11) is 0. The minimum absolute atomic E-state index is 0.181. The Hall–Kier alpha value is -4.42. The summed E-state index contributed by atoms with van der Waals surface area (Å²) < 4.78 is 1.56. The molecule has 0 spiro atoms. The van der Waals surface area contributed by atoms with E-state index in [0.717, 1.165) is 5.69 Å². The highest BCUT2D eigenvalue weighted by atomic mass is 32.1. The molecule has 4 rings (SSSR count). The van der Waals surface area contributed by atoms with Crippen molar-refractivity contribution in [1.82, 2.24) is 15.1 Å². The molecule has 170 valence electrons. The zero-order valence-electron chi connectivity index (χ0n) is 18.2. The highest BCUT2D eigenvalue weighted by Crippen LogP contribution is 2.21. The Kier molecular flexibility index (Phi) is 7.01. The molecule has 4 N–H and O–H groups in total. The molecule has 0 saturated carbocycles. The minimum atomic E-state index is -0.217. The summed E-state index contributed by atoms with van der Waals surface area (Å²) in [4.78, 5) is 25.2. The zero-order chi connectivity index (χ0) is 23.9. The number of para-hydroxylation sites is 1. The topological polar surface area (TPSA) is 126 Å². The molecule has 4 aromatic rings. The Morgan fingerprint density at radius 2 is 1.79 bits per heavy atom. The van der Waals surface area contributed by atoms with Crippen LogP contribution in [0, 0.1) is 11.3 Å². The van der Waals surface area contributed by atoms with Gasteiger partial charge in [-0.15, -0.1) is 11.3 Å². The van der Waals surface area contributed by atoms with Crippen LogP contribution in [0.5, 0.6) is 0 Å². The summed E-state index contributed by atoms with van der Waals surface area (Å²) in [5.41, 5.74) is 8.98. The van der Waals surface area contributed by atoms with E-state index in [-0.39, 0.29) is 11.8 Å². The lowest BCUT2D eigenvalue weighted by molar-refractivity contribution is 0.0952. The van der Waals surface area contributed by atoms with Gasteiger partial charge in [0.2, 0.25) is 0 Å². The number of hydrogen-bond acceptors (Lipinski definition) is 6. The first-order valence-electron chi connectivity index (χ1n) is 10.6. The van der Waals surface area contributed by atoms with Crippen molar-refractivity contribution in [3.8, 4) is 11.8 Å². The van der Waals surface area contributed by atoms with Gasteiger partial charge in [0.15, 0.2) is 0 Å². The number of nitrogen functional groups attached to an aromatic ring is 1. The Balaban J connectivity index is 1.30. The normalized spacial score (nSPS) is 10.4. The maximum absolute atomic E-state index is 12.5. The maximum Gasteiger partial charge on any atom is 0.265 e. The van der Waals surface area contributed by atoms with Gasteiger partial charge in [-0.3, -0.25) is 9.59 Å². The molecule has 0 aliphatic heterocycles. The monoisotopic (exact) mass is 470 g/mol. The summed E-state index contributed by atoms with van der Waals surface area (Å²) in [6.45, 7) is 0.415. The Labute approximate surface area is 200 Å². The summed E-state index contributed by atoms with van der Waals surface area (Å²) in [5.74, 6) is -0.0933. The van der Waals surface area contributed by atoms with Crippen molar-refractivity contribution in [2.75, 3.05) is 17.6 Å². The van der Waals surface area contributed by atoms with Crippen LogP contribution in [0.15, 0.2) is 72.1 Å². The molecule has 0 atom stereocenters. The number of rotatable bonds is 8. The fourth-order valence-corrected chi connectivity index (χ4v) is 4.03. The van der Waals surface area contributed by atoms with Gasteiger partial charge in [0.05, 0.1) is 16.3 Å². The summed E-state index contributed by atoms with van der Waals surface area (Å²) in [5, 5.41) is 21.5. The number of carbonyl (C=O) groups is 2. The van der Waals surface area contributed by atoms with Gasteiger partial charge in [0, 0.05) is 17.8 Å². The lowest BCUT2D eigenvalue weighted by Gasteiger charge is -2.07. The van der Waals surface area contributed by atoms with Gasteiger partial charge < -0.3 is 16.4 Å². The second-order valence-corrected chi connectivity index (χ2v) is 8.38. The average Bonchev–Trinajstić information content (AvgIpc) is 3.51. The van der Waals surface area contributed by atoms with Gasteiger partial charge >= 0.3 is 0 Å². The molecule has 34 heavy (non-hydrogen) atoms. The predicted molar refractivity (Wildman–Crippen MR) is 132 cm³/mol. The van der Waals surface area contributed by atoms with E-state index in [2.05, 4.69) is 21.8 Å². The van der Waals surface area contributed by atoms with E-state index in [0.29, 0.717) is 52.6 Å². The first kappa shape index (κ1) is 22.8. The van der Waals surface area contributed by atoms with Gasteiger partial charge in [-0.2, -0.15) is 10.4 Å². The standard InChI is InChI=1S/C25H22N6O2S/c26-16-20-21(30-31(23(20)27)19-6-2-1-3-7-19)8-4-14-28-24(32)17-10-12-18(13-11-17)29-25(33)22-9-5-15-34-22/h1-3,5-7,9-13,15H,4,8,14,27H2,(H,28,32)(H,29,33). The summed E-state index contributed by atoms with van der Waals surface area (Å²) in [6.07, 6.45) is 1.10. The molecule has 0 bridgehead atoms. The third-order valence-corrected chi connectivity index (χ3v) is 6.00. The van der Waals surface area contributed by atoms with Crippen molar-refractivity contribution in [2.45, 2.75) is 12.8 Å². The predicted octanol–water partition coefficient (Wildman–Crippen LogP) is 4.00. The number of aromatic nitrogens is 2. The van der Waals surface area contributed by atoms with Crippen LogP contribution >= 0.6 is 11.3 Å². The van der Waals surface area contributed by atoms with Crippen molar-refractivity contribution >= 4 is 34.7 Å². The van der Waals surface area contributed by atoms with Crippen LogP contribution < -0.4 is 16.4 Å². The quantitative estimate of drug-likeness (QED) is 0.336.